The van der Waals surface area contributed by atoms with Crippen molar-refractivity contribution >= 4 is 31.5 Å². The zero-order chi connectivity index (χ0) is 21.5. The lowest BCUT2D eigenvalue weighted by Gasteiger charge is -2.08. The molecule has 0 unspecified atom stereocenters. The second-order valence-corrected chi connectivity index (χ2v) is 9.06. The molecule has 6 rings (SSSR count). The molecule has 0 atom stereocenters. The van der Waals surface area contributed by atoms with E-state index in [1.807, 2.05) is 23.5 Å². The highest BCUT2D eigenvalue weighted by Crippen LogP contribution is 2.37. The molecule has 6 aromatic rings. The van der Waals surface area contributed by atoms with Crippen molar-refractivity contribution in [2.75, 3.05) is 0 Å². The Balaban J connectivity index is 1.36. The molecule has 1 aromatic heterocycles. The first-order valence-corrected chi connectivity index (χ1v) is 11.4. The van der Waals surface area contributed by atoms with E-state index in [4.69, 9.17) is 0 Å². The number of fused-ring (bicyclic) bond motifs is 3. The van der Waals surface area contributed by atoms with Crippen LogP contribution in [0.5, 0.6) is 0 Å². The number of hydrogen-bond donors (Lipinski definition) is 0. The van der Waals surface area contributed by atoms with Crippen LogP contribution in [0.2, 0.25) is 0 Å². The Labute approximate surface area is 190 Å². The predicted octanol–water partition coefficient (Wildman–Crippen LogP) is 9.19. The highest BCUT2D eigenvalue weighted by molar-refractivity contribution is 7.25. The number of hydrogen-bond acceptors (Lipinski definition) is 1. The zero-order valence-corrected chi connectivity index (χ0v) is 18.1. The number of thiophene rings is 1. The summed E-state index contributed by atoms with van der Waals surface area (Å²) in [5.41, 5.74) is 6.89. The van der Waals surface area contributed by atoms with Gasteiger partial charge in [-0.1, -0.05) is 78.9 Å². The van der Waals surface area contributed by atoms with E-state index in [1.54, 1.807) is 0 Å². The molecule has 32 heavy (non-hydrogen) atoms. The highest BCUT2D eigenvalue weighted by Gasteiger charge is 2.08. The van der Waals surface area contributed by atoms with Gasteiger partial charge < -0.3 is 0 Å². The fourth-order valence-electron chi connectivity index (χ4n) is 4.28. The van der Waals surface area contributed by atoms with Gasteiger partial charge in [0.05, 0.1) is 0 Å². The summed E-state index contributed by atoms with van der Waals surface area (Å²) in [4.78, 5) is 0. The SMILES string of the molecule is Fc1ccc(-c2ccc(-c3cccc(-c4ccc5sc6ccccc6c5c4)c3)cc2)cc1. The summed E-state index contributed by atoms with van der Waals surface area (Å²) in [5, 5.41) is 2.64. The van der Waals surface area contributed by atoms with Gasteiger partial charge >= 0.3 is 0 Å². The molecule has 0 saturated carbocycles. The maximum Gasteiger partial charge on any atom is 0.123 e. The van der Waals surface area contributed by atoms with Crippen LogP contribution in [0, 0.1) is 5.82 Å². The van der Waals surface area contributed by atoms with E-state index < -0.39 is 0 Å². The van der Waals surface area contributed by atoms with Gasteiger partial charge in [-0.15, -0.1) is 11.3 Å². The molecule has 0 bridgehead atoms. The van der Waals surface area contributed by atoms with Crippen LogP contribution in [-0.2, 0) is 0 Å². The molecule has 0 radical (unpaired) electrons. The summed E-state index contributed by atoms with van der Waals surface area (Å²) in [6.07, 6.45) is 0. The average molecular weight is 431 g/mol. The van der Waals surface area contributed by atoms with Crippen LogP contribution in [0.15, 0.2) is 115 Å². The van der Waals surface area contributed by atoms with Gasteiger partial charge in [0.2, 0.25) is 0 Å². The summed E-state index contributed by atoms with van der Waals surface area (Å²) < 4.78 is 15.9. The number of rotatable bonds is 3. The van der Waals surface area contributed by atoms with Gasteiger partial charge in [0, 0.05) is 20.2 Å². The Morgan fingerprint density at radius 2 is 0.938 bits per heavy atom. The predicted molar refractivity (Wildman–Crippen MR) is 136 cm³/mol. The summed E-state index contributed by atoms with van der Waals surface area (Å²) in [5.74, 6) is -0.212. The normalized spacial score (nSPS) is 11.3. The molecule has 0 fully saturated rings. The standard InChI is InChI=1S/C30H19FS/c31-26-15-12-21(13-16-26)20-8-10-22(11-9-20)23-4-3-5-24(18-23)25-14-17-30-28(19-25)27-6-1-2-7-29(27)32-30/h1-19H. The van der Waals surface area contributed by atoms with Crippen LogP contribution < -0.4 is 0 Å². The lowest BCUT2D eigenvalue weighted by molar-refractivity contribution is 0.628. The lowest BCUT2D eigenvalue weighted by Crippen LogP contribution is -1.83. The molecule has 0 nitrogen and oxygen atoms in total. The number of halogens is 1. The zero-order valence-electron chi connectivity index (χ0n) is 17.3. The van der Waals surface area contributed by atoms with E-state index in [0.29, 0.717) is 0 Å². The van der Waals surface area contributed by atoms with Crippen molar-refractivity contribution < 1.29 is 4.39 Å². The van der Waals surface area contributed by atoms with Crippen LogP contribution in [0.4, 0.5) is 4.39 Å². The van der Waals surface area contributed by atoms with Gasteiger partial charge in [-0.05, 0) is 69.8 Å². The topological polar surface area (TPSA) is 0 Å². The molecule has 2 heteroatoms. The second-order valence-electron chi connectivity index (χ2n) is 7.97. The Morgan fingerprint density at radius 3 is 1.69 bits per heavy atom. The van der Waals surface area contributed by atoms with Gasteiger partial charge in [-0.2, -0.15) is 0 Å². The maximum atomic E-state index is 13.2. The first-order valence-electron chi connectivity index (χ1n) is 10.6. The van der Waals surface area contributed by atoms with Crippen molar-refractivity contribution in [3.8, 4) is 33.4 Å². The van der Waals surface area contributed by atoms with E-state index >= 15 is 0 Å². The molecule has 1 heterocycles. The number of benzene rings is 5. The van der Waals surface area contributed by atoms with Crippen molar-refractivity contribution in [3.05, 3.63) is 121 Å². The minimum atomic E-state index is -0.212. The summed E-state index contributed by atoms with van der Waals surface area (Å²) >= 11 is 1.85. The highest BCUT2D eigenvalue weighted by atomic mass is 32.1. The average Bonchev–Trinajstić information content (AvgIpc) is 3.23. The van der Waals surface area contributed by atoms with Crippen LogP contribution in [0.25, 0.3) is 53.6 Å². The van der Waals surface area contributed by atoms with Crippen molar-refractivity contribution in [2.24, 2.45) is 0 Å². The van der Waals surface area contributed by atoms with Gasteiger partial charge in [-0.25, -0.2) is 4.39 Å². The van der Waals surface area contributed by atoms with Gasteiger partial charge in [-0.3, -0.25) is 0 Å². The Morgan fingerprint density at radius 1 is 0.406 bits per heavy atom. The quantitative estimate of drug-likeness (QED) is 0.262. The lowest BCUT2D eigenvalue weighted by atomic mass is 9.96. The van der Waals surface area contributed by atoms with Crippen molar-refractivity contribution in [2.45, 2.75) is 0 Å². The second kappa shape index (κ2) is 7.74. The molecule has 0 N–H and O–H groups in total. The fraction of sp³-hybridized carbons (Fsp3) is 0. The molecular weight excluding hydrogens is 411 g/mol. The summed E-state index contributed by atoms with van der Waals surface area (Å²) in [7, 11) is 0. The van der Waals surface area contributed by atoms with Crippen LogP contribution >= 0.6 is 11.3 Å². The molecule has 0 aliphatic carbocycles. The molecule has 0 amide bonds. The molecule has 0 spiro atoms. The smallest absolute Gasteiger partial charge is 0.123 e. The first kappa shape index (κ1) is 19.0. The van der Waals surface area contributed by atoms with Crippen molar-refractivity contribution in [3.63, 3.8) is 0 Å². The molecular formula is C30H19FS. The molecule has 152 valence electrons. The van der Waals surface area contributed by atoms with E-state index in [2.05, 4.69) is 91.0 Å². The molecule has 0 aliphatic rings. The van der Waals surface area contributed by atoms with Gasteiger partial charge in [0.1, 0.15) is 5.82 Å². The van der Waals surface area contributed by atoms with E-state index in [9.17, 15) is 4.39 Å². The third-order valence-corrected chi connectivity index (χ3v) is 7.12. The summed E-state index contributed by atoms with van der Waals surface area (Å²) in [6, 6.07) is 39.1. The minimum Gasteiger partial charge on any atom is -0.207 e. The monoisotopic (exact) mass is 430 g/mol. The van der Waals surface area contributed by atoms with Crippen molar-refractivity contribution in [1.29, 1.82) is 0 Å². The first-order chi connectivity index (χ1) is 15.7. The van der Waals surface area contributed by atoms with Gasteiger partial charge in [0.15, 0.2) is 0 Å². The third kappa shape index (κ3) is 3.39. The molecule has 5 aromatic carbocycles. The van der Waals surface area contributed by atoms with E-state index in [0.717, 1.165) is 11.1 Å². The van der Waals surface area contributed by atoms with Crippen LogP contribution in [0.1, 0.15) is 0 Å². The maximum absolute atomic E-state index is 13.2. The Hall–Kier alpha value is -3.75. The van der Waals surface area contributed by atoms with Gasteiger partial charge in [0.25, 0.3) is 0 Å². The van der Waals surface area contributed by atoms with Crippen LogP contribution in [0.3, 0.4) is 0 Å². The molecule has 0 aliphatic heterocycles. The van der Waals surface area contributed by atoms with Crippen LogP contribution in [-0.4, -0.2) is 0 Å². The minimum absolute atomic E-state index is 0.212. The van der Waals surface area contributed by atoms with E-state index in [1.165, 1.54) is 54.6 Å². The Kier molecular flexibility index (Phi) is 4.59. The largest absolute Gasteiger partial charge is 0.207 e. The Bertz CT molecular complexity index is 1560. The fourth-order valence-corrected chi connectivity index (χ4v) is 5.37. The molecule has 0 saturated heterocycles. The third-order valence-electron chi connectivity index (χ3n) is 5.97. The summed E-state index contributed by atoms with van der Waals surface area (Å²) in [6.45, 7) is 0. The van der Waals surface area contributed by atoms with Crippen molar-refractivity contribution in [1.82, 2.24) is 0 Å². The van der Waals surface area contributed by atoms with E-state index in [-0.39, 0.29) is 5.82 Å².